The quantitative estimate of drug-likeness (QED) is 0.318. The third kappa shape index (κ3) is 4.95. The summed E-state index contributed by atoms with van der Waals surface area (Å²) in [5.41, 5.74) is -4.95. The van der Waals surface area contributed by atoms with Gasteiger partial charge >= 0.3 is 27.1 Å². The summed E-state index contributed by atoms with van der Waals surface area (Å²) in [5, 5.41) is 16.9. The molecule has 0 spiro atoms. The number of hydrogen-bond donors (Lipinski definition) is 6. The first-order valence-corrected chi connectivity index (χ1v) is 7.29. The maximum absolute atomic E-state index is 10.7. The Bertz CT molecular complexity index is 365. The average Bonchev–Trinajstić information content (AvgIpc) is 1.96. The summed E-state index contributed by atoms with van der Waals surface area (Å²) in [5.74, 6) is -4.06. The van der Waals surface area contributed by atoms with Crippen LogP contribution >= 0.6 is 15.2 Å². The summed E-state index contributed by atoms with van der Waals surface area (Å²) in [6, 6.07) is 0. The number of rotatable bonds is 6. The van der Waals surface area contributed by atoms with Crippen molar-refractivity contribution in [1.82, 2.24) is 0 Å². The first-order valence-electron chi connectivity index (χ1n) is 3.93. The van der Waals surface area contributed by atoms with Gasteiger partial charge in [-0.2, -0.15) is 0 Å². The lowest BCUT2D eigenvalue weighted by molar-refractivity contribution is -0.138. The molecule has 0 rings (SSSR count). The summed E-state index contributed by atoms with van der Waals surface area (Å²) < 4.78 is 21.5. The largest absolute Gasteiger partial charge is 0.481 e. The molecule has 100 valence electrons. The first-order chi connectivity index (χ1) is 7.37. The molecule has 0 bridgehead atoms. The van der Waals surface area contributed by atoms with Crippen LogP contribution in [0.4, 0.5) is 0 Å². The van der Waals surface area contributed by atoms with Crippen LogP contribution in [0.1, 0.15) is 6.42 Å². The van der Waals surface area contributed by atoms with Gasteiger partial charge in [0.2, 0.25) is 0 Å². The summed E-state index contributed by atoms with van der Waals surface area (Å²) in [6.07, 6.45) is -1.36. The predicted octanol–water partition coefficient (Wildman–Crippen LogP) is -1.36. The van der Waals surface area contributed by atoms with Gasteiger partial charge < -0.3 is 29.8 Å². The number of carboxylic acids is 2. The van der Waals surface area contributed by atoms with E-state index in [-0.39, 0.29) is 0 Å². The Labute approximate surface area is 94.2 Å². The van der Waals surface area contributed by atoms with Gasteiger partial charge in [-0.15, -0.1) is 0 Å². The SMILES string of the molecule is O=C(O)C(CC(C(=O)O)P(=O)(O)O)P(=O)(O)O. The van der Waals surface area contributed by atoms with E-state index in [1.165, 1.54) is 0 Å². The highest BCUT2D eigenvalue weighted by Gasteiger charge is 2.45. The highest BCUT2D eigenvalue weighted by molar-refractivity contribution is 7.55. The van der Waals surface area contributed by atoms with E-state index in [1.54, 1.807) is 0 Å². The van der Waals surface area contributed by atoms with Crippen LogP contribution in [0.15, 0.2) is 0 Å². The first kappa shape index (κ1) is 16.2. The fourth-order valence-corrected chi connectivity index (χ4v) is 2.69. The van der Waals surface area contributed by atoms with Crippen LogP contribution in [-0.2, 0) is 18.7 Å². The molecule has 0 heterocycles. The third-order valence-electron chi connectivity index (χ3n) is 1.83. The Morgan fingerprint density at radius 3 is 1.18 bits per heavy atom. The van der Waals surface area contributed by atoms with E-state index >= 15 is 0 Å². The summed E-state index contributed by atoms with van der Waals surface area (Å²) in [7, 11) is -10.4. The van der Waals surface area contributed by atoms with Crippen LogP contribution in [0.5, 0.6) is 0 Å². The molecule has 0 aliphatic heterocycles. The minimum Gasteiger partial charge on any atom is -0.481 e. The van der Waals surface area contributed by atoms with E-state index in [2.05, 4.69) is 0 Å². The van der Waals surface area contributed by atoms with Crippen molar-refractivity contribution in [2.75, 3.05) is 0 Å². The standard InChI is InChI=1S/C5H10O10P2/c6-4(7)2(16(10,11)12)1-3(5(8)9)17(13,14)15/h2-3H,1H2,(H,6,7)(H,8,9)(H2,10,11,12)(H2,13,14,15). The number of aliphatic carboxylic acids is 2. The van der Waals surface area contributed by atoms with Crippen molar-refractivity contribution < 1.29 is 48.5 Å². The van der Waals surface area contributed by atoms with Crippen molar-refractivity contribution in [2.45, 2.75) is 17.7 Å². The minimum absolute atomic E-state index is 1.36. The smallest absolute Gasteiger partial charge is 0.339 e. The molecule has 12 heteroatoms. The molecule has 10 nitrogen and oxygen atoms in total. The van der Waals surface area contributed by atoms with E-state index in [1.807, 2.05) is 0 Å². The number of carbonyl (C=O) groups is 2. The molecule has 0 saturated heterocycles. The lowest BCUT2D eigenvalue weighted by Gasteiger charge is -2.19. The second kappa shape index (κ2) is 5.26. The lowest BCUT2D eigenvalue weighted by atomic mass is 10.2. The van der Waals surface area contributed by atoms with Gasteiger partial charge in [0.1, 0.15) is 0 Å². The fraction of sp³-hybridized carbons (Fsp3) is 0.600. The van der Waals surface area contributed by atoms with Gasteiger partial charge in [-0.25, -0.2) is 0 Å². The van der Waals surface area contributed by atoms with Crippen molar-refractivity contribution in [3.8, 4) is 0 Å². The fourth-order valence-electron chi connectivity index (χ4n) is 0.975. The highest BCUT2D eigenvalue weighted by Crippen LogP contribution is 2.50. The van der Waals surface area contributed by atoms with Crippen molar-refractivity contribution >= 4 is 27.1 Å². The van der Waals surface area contributed by atoms with E-state index < -0.39 is 44.9 Å². The highest BCUT2D eigenvalue weighted by atomic mass is 31.2. The maximum Gasteiger partial charge on any atom is 0.339 e. The van der Waals surface area contributed by atoms with Gasteiger partial charge in [-0.1, -0.05) is 0 Å². The molecule has 0 fully saturated rings. The molecule has 0 aliphatic carbocycles. The van der Waals surface area contributed by atoms with Crippen LogP contribution in [0.3, 0.4) is 0 Å². The topological polar surface area (TPSA) is 190 Å². The van der Waals surface area contributed by atoms with Crippen LogP contribution in [0.2, 0.25) is 0 Å². The van der Waals surface area contributed by atoms with Gasteiger partial charge in [0.15, 0.2) is 11.3 Å². The Kier molecular flexibility index (Phi) is 5.02. The van der Waals surface area contributed by atoms with Crippen molar-refractivity contribution in [1.29, 1.82) is 0 Å². The Morgan fingerprint density at radius 2 is 1.06 bits per heavy atom. The van der Waals surface area contributed by atoms with Crippen molar-refractivity contribution in [3.05, 3.63) is 0 Å². The Morgan fingerprint density at radius 1 is 0.824 bits per heavy atom. The monoisotopic (exact) mass is 292 g/mol. The second-order valence-corrected chi connectivity index (χ2v) is 6.73. The number of carboxylic acid groups (broad SMARTS) is 2. The summed E-state index contributed by atoms with van der Waals surface area (Å²) in [4.78, 5) is 55.5. The molecule has 17 heavy (non-hydrogen) atoms. The van der Waals surface area contributed by atoms with Gasteiger partial charge in [0.25, 0.3) is 0 Å². The van der Waals surface area contributed by atoms with Gasteiger partial charge in [0, 0.05) is 0 Å². The van der Waals surface area contributed by atoms with Crippen molar-refractivity contribution in [3.63, 3.8) is 0 Å². The predicted molar refractivity (Wildman–Crippen MR) is 51.6 cm³/mol. The molecule has 2 unspecified atom stereocenters. The van der Waals surface area contributed by atoms with Crippen LogP contribution in [-0.4, -0.2) is 53.0 Å². The van der Waals surface area contributed by atoms with Crippen LogP contribution < -0.4 is 0 Å². The normalized spacial score (nSPS) is 16.2. The van der Waals surface area contributed by atoms with Crippen molar-refractivity contribution in [2.24, 2.45) is 0 Å². The number of hydrogen-bond acceptors (Lipinski definition) is 4. The van der Waals surface area contributed by atoms with Crippen LogP contribution in [0, 0.1) is 0 Å². The lowest BCUT2D eigenvalue weighted by Crippen LogP contribution is -2.30. The van der Waals surface area contributed by atoms with Gasteiger partial charge in [-0.3, -0.25) is 18.7 Å². The summed E-state index contributed by atoms with van der Waals surface area (Å²) >= 11 is 0. The minimum atomic E-state index is -5.20. The Hall–Kier alpha value is -0.760. The Balaban J connectivity index is 5.24. The van der Waals surface area contributed by atoms with E-state index in [0.29, 0.717) is 0 Å². The van der Waals surface area contributed by atoms with Crippen LogP contribution in [0.25, 0.3) is 0 Å². The molecule has 0 aromatic heterocycles. The molecule has 0 aromatic carbocycles. The molecule has 0 saturated carbocycles. The zero-order valence-corrected chi connectivity index (χ0v) is 9.86. The zero-order chi connectivity index (χ0) is 14.0. The third-order valence-corrected chi connectivity index (χ3v) is 4.32. The maximum atomic E-state index is 10.7. The molecule has 6 N–H and O–H groups in total. The van der Waals surface area contributed by atoms with Gasteiger partial charge in [0.05, 0.1) is 0 Å². The zero-order valence-electron chi connectivity index (χ0n) is 8.07. The van der Waals surface area contributed by atoms with E-state index in [4.69, 9.17) is 29.8 Å². The molecule has 0 aliphatic rings. The molecular weight excluding hydrogens is 282 g/mol. The average molecular weight is 292 g/mol. The molecular formula is C5H10O10P2. The molecule has 0 amide bonds. The van der Waals surface area contributed by atoms with E-state index in [0.717, 1.165) is 0 Å². The van der Waals surface area contributed by atoms with Gasteiger partial charge in [-0.05, 0) is 6.42 Å². The molecule has 2 atom stereocenters. The molecule has 0 radical (unpaired) electrons. The molecule has 0 aromatic rings. The second-order valence-electron chi connectivity index (χ2n) is 3.12. The summed E-state index contributed by atoms with van der Waals surface area (Å²) in [6.45, 7) is 0. The van der Waals surface area contributed by atoms with E-state index in [9.17, 15) is 18.7 Å².